The lowest BCUT2D eigenvalue weighted by molar-refractivity contribution is -0.127. The summed E-state index contributed by atoms with van der Waals surface area (Å²) < 4.78 is 40.5. The van der Waals surface area contributed by atoms with Crippen molar-refractivity contribution in [3.8, 4) is 0 Å². The van der Waals surface area contributed by atoms with Crippen LogP contribution in [0, 0.1) is 19.7 Å². The molecule has 2 aromatic rings. The minimum atomic E-state index is -3.59. The van der Waals surface area contributed by atoms with Gasteiger partial charge in [0.05, 0.1) is 4.90 Å². The van der Waals surface area contributed by atoms with Crippen molar-refractivity contribution in [1.82, 2.24) is 9.21 Å². The minimum absolute atomic E-state index is 0.215. The molecule has 3 rings (SSSR count). The number of amides is 1. The van der Waals surface area contributed by atoms with Crippen molar-refractivity contribution in [1.29, 1.82) is 0 Å². The molecule has 28 heavy (non-hydrogen) atoms. The number of rotatable bonds is 4. The first kappa shape index (κ1) is 20.2. The van der Waals surface area contributed by atoms with Gasteiger partial charge in [0.1, 0.15) is 5.82 Å². The molecule has 1 fully saturated rings. The molecule has 1 amide bonds. The lowest BCUT2D eigenvalue weighted by Crippen LogP contribution is -2.50. The predicted molar refractivity (Wildman–Crippen MR) is 107 cm³/mol. The molecule has 0 bridgehead atoms. The van der Waals surface area contributed by atoms with Gasteiger partial charge in [-0.05, 0) is 54.8 Å². The van der Waals surface area contributed by atoms with E-state index in [1.165, 1.54) is 22.5 Å². The molecule has 0 unspecified atom stereocenters. The summed E-state index contributed by atoms with van der Waals surface area (Å²) in [6.45, 7) is 4.76. The molecule has 2 aromatic carbocycles. The lowest BCUT2D eigenvalue weighted by atomic mass is 10.2. The van der Waals surface area contributed by atoms with Gasteiger partial charge in [0.15, 0.2) is 0 Å². The molecule has 7 heteroatoms. The van der Waals surface area contributed by atoms with Gasteiger partial charge < -0.3 is 4.90 Å². The Morgan fingerprint density at radius 2 is 1.75 bits per heavy atom. The van der Waals surface area contributed by atoms with Crippen LogP contribution in [0.2, 0.25) is 0 Å². The van der Waals surface area contributed by atoms with Crippen molar-refractivity contribution < 1.29 is 17.6 Å². The predicted octanol–water partition coefficient (Wildman–Crippen LogP) is 2.99. The van der Waals surface area contributed by atoms with E-state index in [1.54, 1.807) is 42.2 Å². The number of piperazine rings is 1. The molecule has 0 radical (unpaired) electrons. The van der Waals surface area contributed by atoms with E-state index >= 15 is 0 Å². The summed E-state index contributed by atoms with van der Waals surface area (Å²) in [5, 5.41) is 0. The van der Waals surface area contributed by atoms with Gasteiger partial charge in [0.2, 0.25) is 15.9 Å². The third-order valence-electron chi connectivity index (χ3n) is 4.78. The van der Waals surface area contributed by atoms with Crippen LogP contribution < -0.4 is 0 Å². The molecule has 0 N–H and O–H groups in total. The largest absolute Gasteiger partial charge is 0.337 e. The third-order valence-corrected chi connectivity index (χ3v) is 6.82. The van der Waals surface area contributed by atoms with Gasteiger partial charge in [0.25, 0.3) is 0 Å². The van der Waals surface area contributed by atoms with Crippen LogP contribution in [0.4, 0.5) is 4.39 Å². The molecule has 5 nitrogen and oxygen atoms in total. The van der Waals surface area contributed by atoms with Crippen molar-refractivity contribution in [2.45, 2.75) is 18.7 Å². The van der Waals surface area contributed by atoms with Crippen LogP contribution in [0.15, 0.2) is 53.4 Å². The summed E-state index contributed by atoms with van der Waals surface area (Å²) in [5.74, 6) is -0.576. The number of sulfonamides is 1. The van der Waals surface area contributed by atoms with E-state index < -0.39 is 10.0 Å². The van der Waals surface area contributed by atoms with Crippen LogP contribution in [0.1, 0.15) is 16.7 Å². The van der Waals surface area contributed by atoms with Crippen LogP contribution >= 0.6 is 0 Å². The van der Waals surface area contributed by atoms with Gasteiger partial charge in [-0.25, -0.2) is 12.8 Å². The molecule has 1 saturated heterocycles. The Morgan fingerprint density at radius 1 is 1.04 bits per heavy atom. The second-order valence-electron chi connectivity index (χ2n) is 6.89. The fourth-order valence-electron chi connectivity index (χ4n) is 3.16. The van der Waals surface area contributed by atoms with E-state index in [4.69, 9.17) is 0 Å². The second-order valence-corrected chi connectivity index (χ2v) is 8.79. The van der Waals surface area contributed by atoms with Gasteiger partial charge in [0, 0.05) is 32.3 Å². The zero-order valence-electron chi connectivity index (χ0n) is 15.9. The molecule has 1 aliphatic rings. The van der Waals surface area contributed by atoms with Crippen LogP contribution in [0.25, 0.3) is 6.08 Å². The van der Waals surface area contributed by atoms with E-state index in [1.807, 2.05) is 13.0 Å². The first-order valence-corrected chi connectivity index (χ1v) is 10.5. The number of halogens is 1. The fourth-order valence-corrected chi connectivity index (χ4v) is 4.89. The first-order chi connectivity index (χ1) is 13.3. The number of aryl methyl sites for hydroxylation is 2. The highest BCUT2D eigenvalue weighted by molar-refractivity contribution is 7.89. The molecular weight excluding hydrogens is 379 g/mol. The lowest BCUT2D eigenvalue weighted by Gasteiger charge is -2.33. The Kier molecular flexibility index (Phi) is 5.96. The van der Waals surface area contributed by atoms with Crippen molar-refractivity contribution in [2.75, 3.05) is 26.2 Å². The summed E-state index contributed by atoms with van der Waals surface area (Å²) in [4.78, 5) is 14.3. The van der Waals surface area contributed by atoms with Crippen LogP contribution in [-0.2, 0) is 14.8 Å². The molecule has 0 spiro atoms. The van der Waals surface area contributed by atoms with Gasteiger partial charge in [-0.15, -0.1) is 0 Å². The standard InChI is InChI=1S/C21H23FN2O3S/c1-16-6-7-17(2)20(14-16)28(26,27)24-12-10-23(11-13-24)21(25)9-8-18-4-3-5-19(22)15-18/h3-9,14-15H,10-13H2,1-2H3/b9-8+. The normalized spacial score (nSPS) is 15.9. The average Bonchev–Trinajstić information content (AvgIpc) is 2.68. The van der Waals surface area contributed by atoms with Crippen molar-refractivity contribution >= 4 is 22.0 Å². The highest BCUT2D eigenvalue weighted by atomic mass is 32.2. The molecule has 0 aliphatic carbocycles. The van der Waals surface area contributed by atoms with Gasteiger partial charge in [-0.2, -0.15) is 4.31 Å². The van der Waals surface area contributed by atoms with Crippen molar-refractivity contribution in [3.63, 3.8) is 0 Å². The summed E-state index contributed by atoms with van der Waals surface area (Å²) >= 11 is 0. The number of benzene rings is 2. The second kappa shape index (κ2) is 8.24. The Labute approximate surface area is 165 Å². The van der Waals surface area contributed by atoms with Crippen molar-refractivity contribution in [3.05, 3.63) is 71.0 Å². The fraction of sp³-hybridized carbons (Fsp3) is 0.286. The molecule has 148 valence electrons. The molecule has 0 saturated carbocycles. The number of nitrogens with zero attached hydrogens (tertiary/aromatic N) is 2. The van der Waals surface area contributed by atoms with Gasteiger partial charge >= 0.3 is 0 Å². The number of carbonyl (C=O) groups is 1. The van der Waals surface area contributed by atoms with Crippen LogP contribution in [0.3, 0.4) is 0 Å². The monoisotopic (exact) mass is 402 g/mol. The zero-order chi connectivity index (χ0) is 20.3. The Morgan fingerprint density at radius 3 is 2.43 bits per heavy atom. The molecule has 1 aliphatic heterocycles. The minimum Gasteiger partial charge on any atom is -0.337 e. The highest BCUT2D eigenvalue weighted by Gasteiger charge is 2.30. The number of hydrogen-bond donors (Lipinski definition) is 0. The molecule has 0 aromatic heterocycles. The summed E-state index contributed by atoms with van der Waals surface area (Å²) in [6.07, 6.45) is 2.95. The van der Waals surface area contributed by atoms with Gasteiger partial charge in [-0.1, -0.05) is 24.3 Å². The van der Waals surface area contributed by atoms with Crippen LogP contribution in [0.5, 0.6) is 0 Å². The topological polar surface area (TPSA) is 57.7 Å². The van der Waals surface area contributed by atoms with E-state index in [0.29, 0.717) is 29.1 Å². The van der Waals surface area contributed by atoms with Gasteiger partial charge in [-0.3, -0.25) is 4.79 Å². The molecular formula is C21H23FN2O3S. The maximum Gasteiger partial charge on any atom is 0.246 e. The Balaban J connectivity index is 1.65. The average molecular weight is 402 g/mol. The maximum atomic E-state index is 13.2. The van der Waals surface area contributed by atoms with E-state index in [9.17, 15) is 17.6 Å². The zero-order valence-corrected chi connectivity index (χ0v) is 16.7. The SMILES string of the molecule is Cc1ccc(C)c(S(=O)(=O)N2CCN(C(=O)/C=C/c3cccc(F)c3)CC2)c1. The number of carbonyl (C=O) groups excluding carboxylic acids is 1. The Hall–Kier alpha value is -2.51. The molecule has 0 atom stereocenters. The quantitative estimate of drug-likeness (QED) is 0.739. The summed E-state index contributed by atoms with van der Waals surface area (Å²) in [5.41, 5.74) is 2.20. The van der Waals surface area contributed by atoms with E-state index in [0.717, 1.165) is 5.56 Å². The third kappa shape index (κ3) is 4.48. The van der Waals surface area contributed by atoms with Crippen molar-refractivity contribution in [2.24, 2.45) is 0 Å². The molecule has 1 heterocycles. The maximum absolute atomic E-state index is 13.2. The first-order valence-electron chi connectivity index (χ1n) is 9.07. The van der Waals surface area contributed by atoms with E-state index in [2.05, 4.69) is 0 Å². The summed E-state index contributed by atoms with van der Waals surface area (Å²) in [6, 6.07) is 11.4. The highest BCUT2D eigenvalue weighted by Crippen LogP contribution is 2.22. The number of hydrogen-bond acceptors (Lipinski definition) is 3. The Bertz CT molecular complexity index is 1010. The van der Waals surface area contributed by atoms with E-state index in [-0.39, 0.29) is 24.8 Å². The smallest absolute Gasteiger partial charge is 0.246 e. The van der Waals surface area contributed by atoms with Crippen LogP contribution in [-0.4, -0.2) is 49.7 Å². The summed E-state index contributed by atoms with van der Waals surface area (Å²) in [7, 11) is -3.59.